The SMILES string of the molecule is CCCOc1ccc(CCc2cn(C)nn2)cc1. The van der Waals surface area contributed by atoms with Crippen molar-refractivity contribution in [2.24, 2.45) is 7.05 Å². The van der Waals surface area contributed by atoms with Crippen LogP contribution in [0, 0.1) is 0 Å². The minimum atomic E-state index is 0.777. The van der Waals surface area contributed by atoms with Crippen LogP contribution >= 0.6 is 0 Å². The molecule has 0 N–H and O–H groups in total. The van der Waals surface area contributed by atoms with Crippen molar-refractivity contribution in [1.29, 1.82) is 0 Å². The van der Waals surface area contributed by atoms with Crippen LogP contribution in [0.4, 0.5) is 0 Å². The van der Waals surface area contributed by atoms with Crippen molar-refractivity contribution in [2.75, 3.05) is 6.61 Å². The van der Waals surface area contributed by atoms with Gasteiger partial charge in [-0.3, -0.25) is 4.68 Å². The highest BCUT2D eigenvalue weighted by atomic mass is 16.5. The molecule has 0 radical (unpaired) electrons. The fraction of sp³-hybridized carbons (Fsp3) is 0.429. The van der Waals surface area contributed by atoms with Crippen molar-refractivity contribution < 1.29 is 4.74 Å². The standard InChI is InChI=1S/C14H19N3O/c1-3-10-18-14-8-5-12(6-9-14)4-7-13-11-17(2)16-15-13/h5-6,8-9,11H,3-4,7,10H2,1-2H3. The molecule has 2 aromatic rings. The summed E-state index contributed by atoms with van der Waals surface area (Å²) in [5.74, 6) is 0.945. The van der Waals surface area contributed by atoms with E-state index in [1.54, 1.807) is 4.68 Å². The first-order valence-corrected chi connectivity index (χ1v) is 6.35. The van der Waals surface area contributed by atoms with Crippen molar-refractivity contribution in [3.63, 3.8) is 0 Å². The number of aromatic nitrogens is 3. The number of ether oxygens (including phenoxy) is 1. The summed E-state index contributed by atoms with van der Waals surface area (Å²) in [4.78, 5) is 0. The summed E-state index contributed by atoms with van der Waals surface area (Å²) < 4.78 is 7.28. The molecule has 18 heavy (non-hydrogen) atoms. The van der Waals surface area contributed by atoms with Crippen LogP contribution in [0.5, 0.6) is 5.75 Å². The minimum absolute atomic E-state index is 0.777. The van der Waals surface area contributed by atoms with E-state index in [4.69, 9.17) is 4.74 Å². The molecule has 1 aromatic carbocycles. The largest absolute Gasteiger partial charge is 0.494 e. The van der Waals surface area contributed by atoms with Crippen molar-refractivity contribution in [1.82, 2.24) is 15.0 Å². The van der Waals surface area contributed by atoms with Crippen LogP contribution in [-0.2, 0) is 19.9 Å². The second kappa shape index (κ2) is 6.19. The van der Waals surface area contributed by atoms with Crippen LogP contribution in [0.3, 0.4) is 0 Å². The quantitative estimate of drug-likeness (QED) is 0.784. The zero-order chi connectivity index (χ0) is 12.8. The fourth-order valence-corrected chi connectivity index (χ4v) is 1.75. The molecule has 0 amide bonds. The van der Waals surface area contributed by atoms with E-state index in [-0.39, 0.29) is 0 Å². The van der Waals surface area contributed by atoms with Gasteiger partial charge in [-0.25, -0.2) is 0 Å². The Bertz CT molecular complexity index is 476. The summed E-state index contributed by atoms with van der Waals surface area (Å²) in [5, 5.41) is 8.00. The molecule has 4 nitrogen and oxygen atoms in total. The highest BCUT2D eigenvalue weighted by Crippen LogP contribution is 2.13. The van der Waals surface area contributed by atoms with E-state index in [0.717, 1.165) is 37.3 Å². The molecule has 0 unspecified atom stereocenters. The lowest BCUT2D eigenvalue weighted by molar-refractivity contribution is 0.317. The Labute approximate surface area is 108 Å². The maximum Gasteiger partial charge on any atom is 0.119 e. The first-order chi connectivity index (χ1) is 8.78. The van der Waals surface area contributed by atoms with Gasteiger partial charge in [0.25, 0.3) is 0 Å². The van der Waals surface area contributed by atoms with Gasteiger partial charge in [0.1, 0.15) is 5.75 Å². The Morgan fingerprint density at radius 2 is 1.94 bits per heavy atom. The van der Waals surface area contributed by atoms with Crippen LogP contribution in [0.2, 0.25) is 0 Å². The molecule has 96 valence electrons. The van der Waals surface area contributed by atoms with E-state index >= 15 is 0 Å². The van der Waals surface area contributed by atoms with Gasteiger partial charge in [-0.1, -0.05) is 24.3 Å². The molecule has 0 aliphatic rings. The lowest BCUT2D eigenvalue weighted by Crippen LogP contribution is -1.96. The lowest BCUT2D eigenvalue weighted by Gasteiger charge is -2.05. The normalized spacial score (nSPS) is 10.6. The third kappa shape index (κ3) is 3.58. The van der Waals surface area contributed by atoms with Crippen molar-refractivity contribution in [3.05, 3.63) is 41.7 Å². The third-order valence-corrected chi connectivity index (χ3v) is 2.72. The summed E-state index contributed by atoms with van der Waals surface area (Å²) in [5.41, 5.74) is 2.33. The summed E-state index contributed by atoms with van der Waals surface area (Å²) in [6, 6.07) is 8.28. The molecule has 1 aromatic heterocycles. The van der Waals surface area contributed by atoms with Crippen molar-refractivity contribution in [2.45, 2.75) is 26.2 Å². The Morgan fingerprint density at radius 3 is 2.56 bits per heavy atom. The molecule has 0 aliphatic carbocycles. The number of benzene rings is 1. The van der Waals surface area contributed by atoms with E-state index < -0.39 is 0 Å². The van der Waals surface area contributed by atoms with E-state index in [2.05, 4.69) is 29.4 Å². The van der Waals surface area contributed by atoms with Gasteiger partial charge in [0, 0.05) is 13.2 Å². The van der Waals surface area contributed by atoms with Crippen LogP contribution in [0.1, 0.15) is 24.6 Å². The molecule has 0 saturated heterocycles. The maximum absolute atomic E-state index is 5.55. The molecular weight excluding hydrogens is 226 g/mol. The zero-order valence-corrected chi connectivity index (χ0v) is 11.0. The average molecular weight is 245 g/mol. The Morgan fingerprint density at radius 1 is 1.17 bits per heavy atom. The second-order valence-electron chi connectivity index (χ2n) is 4.38. The summed E-state index contributed by atoms with van der Waals surface area (Å²) >= 11 is 0. The molecule has 4 heteroatoms. The minimum Gasteiger partial charge on any atom is -0.494 e. The summed E-state index contributed by atoms with van der Waals surface area (Å²) in [6.07, 6.45) is 4.89. The molecule has 0 bridgehead atoms. The summed E-state index contributed by atoms with van der Waals surface area (Å²) in [6.45, 7) is 2.88. The Kier molecular flexibility index (Phi) is 4.34. The van der Waals surface area contributed by atoms with E-state index in [9.17, 15) is 0 Å². The summed E-state index contributed by atoms with van der Waals surface area (Å²) in [7, 11) is 1.89. The van der Waals surface area contributed by atoms with Crippen LogP contribution in [0.25, 0.3) is 0 Å². The average Bonchev–Trinajstić information content (AvgIpc) is 2.81. The monoisotopic (exact) mass is 245 g/mol. The Balaban J connectivity index is 1.86. The molecule has 2 rings (SSSR count). The van der Waals surface area contributed by atoms with Gasteiger partial charge in [0.15, 0.2) is 0 Å². The van der Waals surface area contributed by atoms with Gasteiger partial charge in [-0.15, -0.1) is 5.10 Å². The predicted molar refractivity (Wildman–Crippen MR) is 70.6 cm³/mol. The molecule has 0 aliphatic heterocycles. The van der Waals surface area contributed by atoms with Gasteiger partial charge < -0.3 is 4.74 Å². The van der Waals surface area contributed by atoms with Crippen LogP contribution in [0.15, 0.2) is 30.5 Å². The topological polar surface area (TPSA) is 39.9 Å². The highest BCUT2D eigenvalue weighted by Gasteiger charge is 2.00. The molecule has 0 atom stereocenters. The van der Waals surface area contributed by atoms with Crippen molar-refractivity contribution in [3.8, 4) is 5.75 Å². The lowest BCUT2D eigenvalue weighted by atomic mass is 10.1. The first kappa shape index (κ1) is 12.6. The van der Waals surface area contributed by atoms with Crippen LogP contribution < -0.4 is 4.74 Å². The van der Waals surface area contributed by atoms with Gasteiger partial charge in [0.05, 0.1) is 12.3 Å². The highest BCUT2D eigenvalue weighted by molar-refractivity contribution is 5.27. The number of aryl methyl sites for hydroxylation is 3. The van der Waals surface area contributed by atoms with Gasteiger partial charge in [0.2, 0.25) is 0 Å². The first-order valence-electron chi connectivity index (χ1n) is 6.35. The Hall–Kier alpha value is -1.84. The molecular formula is C14H19N3O. The van der Waals surface area contributed by atoms with E-state index in [1.807, 2.05) is 25.4 Å². The van der Waals surface area contributed by atoms with Gasteiger partial charge in [-0.05, 0) is 37.0 Å². The molecule has 0 saturated carbocycles. The third-order valence-electron chi connectivity index (χ3n) is 2.72. The second-order valence-corrected chi connectivity index (χ2v) is 4.38. The fourth-order valence-electron chi connectivity index (χ4n) is 1.75. The molecule has 0 fully saturated rings. The van der Waals surface area contributed by atoms with Crippen molar-refractivity contribution >= 4 is 0 Å². The number of nitrogens with zero attached hydrogens (tertiary/aromatic N) is 3. The predicted octanol–water partition coefficient (Wildman–Crippen LogP) is 2.39. The number of hydrogen-bond acceptors (Lipinski definition) is 3. The van der Waals surface area contributed by atoms with E-state index in [0.29, 0.717) is 0 Å². The number of rotatable bonds is 6. The smallest absolute Gasteiger partial charge is 0.119 e. The van der Waals surface area contributed by atoms with E-state index in [1.165, 1.54) is 5.56 Å². The zero-order valence-electron chi connectivity index (χ0n) is 11.0. The van der Waals surface area contributed by atoms with Crippen LogP contribution in [-0.4, -0.2) is 21.6 Å². The molecule has 1 heterocycles. The van der Waals surface area contributed by atoms with Gasteiger partial charge in [-0.2, -0.15) is 0 Å². The number of hydrogen-bond donors (Lipinski definition) is 0. The van der Waals surface area contributed by atoms with Gasteiger partial charge >= 0.3 is 0 Å². The maximum atomic E-state index is 5.55. The molecule has 0 spiro atoms.